The number of hydrogen-bond acceptors (Lipinski definition) is 2. The van der Waals surface area contributed by atoms with Gasteiger partial charge in [-0.3, -0.25) is 4.57 Å². The second-order valence-electron chi connectivity index (χ2n) is 4.13. The lowest BCUT2D eigenvalue weighted by Gasteiger charge is -2.10. The van der Waals surface area contributed by atoms with Gasteiger partial charge in [-0.15, -0.1) is 0 Å². The number of benzene rings is 1. The monoisotopic (exact) mass is 256 g/mol. The molecule has 0 saturated heterocycles. The number of hydrogen-bond donors (Lipinski definition) is 1. The van der Waals surface area contributed by atoms with Crippen LogP contribution in [0.5, 0.6) is 0 Å². The molecular formula is C13H21O3P. The minimum absolute atomic E-state index is 0.0922. The van der Waals surface area contributed by atoms with Crippen LogP contribution in [0.3, 0.4) is 0 Å². The first kappa shape index (κ1) is 14.4. The van der Waals surface area contributed by atoms with E-state index in [0.29, 0.717) is 0 Å². The Morgan fingerprint density at radius 3 is 2.29 bits per heavy atom. The summed E-state index contributed by atoms with van der Waals surface area (Å²) in [5.41, 5.74) is 2.13. The molecule has 0 amide bonds. The Hall–Kier alpha value is -0.630. The maximum Gasteiger partial charge on any atom is 0.332 e. The first-order chi connectivity index (χ1) is 8.07. The zero-order valence-corrected chi connectivity index (χ0v) is 11.5. The second-order valence-corrected chi connectivity index (χ2v) is 5.98. The molecule has 96 valence electrons. The van der Waals surface area contributed by atoms with E-state index >= 15 is 0 Å². The van der Waals surface area contributed by atoms with Gasteiger partial charge in [0, 0.05) is 0 Å². The van der Waals surface area contributed by atoms with Gasteiger partial charge in [0.25, 0.3) is 0 Å². The smallest absolute Gasteiger partial charge is 0.324 e. The third kappa shape index (κ3) is 5.49. The van der Waals surface area contributed by atoms with Gasteiger partial charge in [-0.05, 0) is 30.9 Å². The Morgan fingerprint density at radius 1 is 1.18 bits per heavy atom. The fourth-order valence-electron chi connectivity index (χ4n) is 1.67. The maximum atomic E-state index is 11.6. The van der Waals surface area contributed by atoms with Gasteiger partial charge in [0.05, 0.1) is 12.8 Å². The zero-order chi connectivity index (χ0) is 12.7. The van der Waals surface area contributed by atoms with E-state index in [4.69, 9.17) is 4.52 Å². The second kappa shape index (κ2) is 6.95. The molecule has 1 atom stereocenters. The van der Waals surface area contributed by atoms with Crippen LogP contribution in [-0.4, -0.2) is 11.5 Å². The van der Waals surface area contributed by atoms with Gasteiger partial charge in [-0.2, -0.15) is 0 Å². The van der Waals surface area contributed by atoms with Crippen LogP contribution in [-0.2, 0) is 21.7 Å². The molecule has 1 rings (SSSR count). The van der Waals surface area contributed by atoms with Crippen molar-refractivity contribution in [2.24, 2.45) is 0 Å². The summed E-state index contributed by atoms with van der Waals surface area (Å²) in [6, 6.07) is 7.87. The Labute approximate surface area is 103 Å². The molecule has 3 nitrogen and oxygen atoms in total. The van der Waals surface area contributed by atoms with Crippen LogP contribution in [0.2, 0.25) is 0 Å². The van der Waals surface area contributed by atoms with Gasteiger partial charge >= 0.3 is 7.60 Å². The lowest BCUT2D eigenvalue weighted by Crippen LogP contribution is -1.94. The van der Waals surface area contributed by atoms with Crippen LogP contribution in [0, 0.1) is 0 Å². The molecule has 0 radical (unpaired) electrons. The zero-order valence-electron chi connectivity index (χ0n) is 10.6. The molecule has 1 aromatic carbocycles. The molecule has 1 unspecified atom stereocenters. The Bertz CT molecular complexity index is 373. The fraction of sp³-hybridized carbons (Fsp3) is 0.538. The first-order valence-corrected chi connectivity index (χ1v) is 7.88. The van der Waals surface area contributed by atoms with Gasteiger partial charge in [0.15, 0.2) is 0 Å². The lowest BCUT2D eigenvalue weighted by atomic mass is 10.1. The standard InChI is InChI=1S/C13H21O3P/c1-3-5-6-12-7-9-13(10-8-12)11-17(14,15)16-4-2/h7-10H,3-6,11H2,1-2H3,(H,14,15). The predicted molar refractivity (Wildman–Crippen MR) is 70.2 cm³/mol. The minimum Gasteiger partial charge on any atom is -0.324 e. The molecule has 0 aliphatic carbocycles. The van der Waals surface area contributed by atoms with Crippen molar-refractivity contribution in [1.29, 1.82) is 0 Å². The Balaban J connectivity index is 2.59. The Morgan fingerprint density at radius 2 is 1.76 bits per heavy atom. The SMILES string of the molecule is CCCCc1ccc(CP(=O)(O)OCC)cc1. The van der Waals surface area contributed by atoms with Crippen LogP contribution in [0.15, 0.2) is 24.3 Å². The average molecular weight is 256 g/mol. The number of unbranched alkanes of at least 4 members (excludes halogenated alkanes) is 1. The summed E-state index contributed by atoms with van der Waals surface area (Å²) in [6.07, 6.45) is 3.52. The van der Waals surface area contributed by atoms with Crippen molar-refractivity contribution in [2.75, 3.05) is 6.61 Å². The maximum absolute atomic E-state index is 11.6. The largest absolute Gasteiger partial charge is 0.332 e. The summed E-state index contributed by atoms with van der Waals surface area (Å²) in [4.78, 5) is 9.51. The van der Waals surface area contributed by atoms with E-state index in [1.807, 2.05) is 24.3 Å². The summed E-state index contributed by atoms with van der Waals surface area (Å²) < 4.78 is 16.4. The molecule has 4 heteroatoms. The van der Waals surface area contributed by atoms with Crippen molar-refractivity contribution in [2.45, 2.75) is 39.3 Å². The molecule has 0 saturated carbocycles. The highest BCUT2D eigenvalue weighted by Crippen LogP contribution is 2.45. The molecule has 0 aromatic heterocycles. The van der Waals surface area contributed by atoms with Crippen LogP contribution in [0.25, 0.3) is 0 Å². The van der Waals surface area contributed by atoms with Crippen molar-refractivity contribution in [3.63, 3.8) is 0 Å². The quantitative estimate of drug-likeness (QED) is 0.756. The summed E-state index contributed by atoms with van der Waals surface area (Å²) >= 11 is 0. The van der Waals surface area contributed by atoms with Crippen LogP contribution in [0.4, 0.5) is 0 Å². The van der Waals surface area contributed by atoms with Crippen LogP contribution >= 0.6 is 7.60 Å². The highest BCUT2D eigenvalue weighted by Gasteiger charge is 2.18. The lowest BCUT2D eigenvalue weighted by molar-refractivity contribution is 0.272. The van der Waals surface area contributed by atoms with E-state index in [2.05, 4.69) is 6.92 Å². The third-order valence-corrected chi connectivity index (χ3v) is 3.98. The highest BCUT2D eigenvalue weighted by atomic mass is 31.2. The molecular weight excluding hydrogens is 235 g/mol. The van der Waals surface area contributed by atoms with Crippen molar-refractivity contribution in [3.05, 3.63) is 35.4 Å². The van der Waals surface area contributed by atoms with E-state index in [-0.39, 0.29) is 12.8 Å². The van der Waals surface area contributed by atoms with Crippen molar-refractivity contribution in [1.82, 2.24) is 0 Å². The summed E-state index contributed by atoms with van der Waals surface area (Å²) in [5, 5.41) is 0. The normalized spacial score (nSPS) is 14.5. The van der Waals surface area contributed by atoms with E-state index in [0.717, 1.165) is 12.0 Å². The minimum atomic E-state index is -3.45. The van der Waals surface area contributed by atoms with Crippen LogP contribution in [0.1, 0.15) is 37.8 Å². The molecule has 0 spiro atoms. The van der Waals surface area contributed by atoms with E-state index in [1.54, 1.807) is 6.92 Å². The number of aryl methyl sites for hydroxylation is 1. The number of rotatable bonds is 7. The molecule has 1 aromatic rings. The molecule has 0 bridgehead atoms. The van der Waals surface area contributed by atoms with Crippen LogP contribution < -0.4 is 0 Å². The predicted octanol–water partition coefficient (Wildman–Crippen LogP) is 3.75. The molecule has 0 aliphatic heterocycles. The fourth-order valence-corrected chi connectivity index (χ4v) is 2.84. The van der Waals surface area contributed by atoms with Crippen molar-refractivity contribution >= 4 is 7.60 Å². The Kier molecular flexibility index (Phi) is 5.90. The van der Waals surface area contributed by atoms with Gasteiger partial charge < -0.3 is 9.42 Å². The molecule has 0 heterocycles. The van der Waals surface area contributed by atoms with E-state index < -0.39 is 7.60 Å². The van der Waals surface area contributed by atoms with Gasteiger partial charge in [-0.1, -0.05) is 37.6 Å². The van der Waals surface area contributed by atoms with Gasteiger partial charge in [-0.25, -0.2) is 0 Å². The van der Waals surface area contributed by atoms with Crippen molar-refractivity contribution < 1.29 is 14.0 Å². The van der Waals surface area contributed by atoms with E-state index in [9.17, 15) is 9.46 Å². The molecule has 1 N–H and O–H groups in total. The third-order valence-electron chi connectivity index (χ3n) is 2.56. The van der Waals surface area contributed by atoms with Gasteiger partial charge in [0.2, 0.25) is 0 Å². The van der Waals surface area contributed by atoms with Gasteiger partial charge in [0.1, 0.15) is 0 Å². The summed E-state index contributed by atoms with van der Waals surface area (Å²) in [6.45, 7) is 4.15. The average Bonchev–Trinajstić information content (AvgIpc) is 2.27. The highest BCUT2D eigenvalue weighted by molar-refractivity contribution is 7.51. The topological polar surface area (TPSA) is 46.5 Å². The van der Waals surface area contributed by atoms with E-state index in [1.165, 1.54) is 18.4 Å². The van der Waals surface area contributed by atoms with Crippen molar-refractivity contribution in [3.8, 4) is 0 Å². The summed E-state index contributed by atoms with van der Waals surface area (Å²) in [5.74, 6) is 0. The first-order valence-electron chi connectivity index (χ1n) is 6.11. The molecule has 0 fully saturated rings. The molecule has 0 aliphatic rings. The molecule has 17 heavy (non-hydrogen) atoms. The summed E-state index contributed by atoms with van der Waals surface area (Å²) in [7, 11) is -3.45.